The Bertz CT molecular complexity index is 1080. The number of aliphatic hydroxyl groups excluding tert-OH is 2. The summed E-state index contributed by atoms with van der Waals surface area (Å²) in [5.74, 6) is 0.350. The van der Waals surface area contributed by atoms with Gasteiger partial charge in [0.2, 0.25) is 0 Å². The molecule has 2 unspecified atom stereocenters. The summed E-state index contributed by atoms with van der Waals surface area (Å²) < 4.78 is 21.8. The van der Waals surface area contributed by atoms with Gasteiger partial charge in [0.05, 0.1) is 6.61 Å². The number of aliphatic hydroxyl groups is 2. The molecule has 0 aliphatic carbocycles. The number of esters is 2. The van der Waals surface area contributed by atoms with Gasteiger partial charge in [-0.25, -0.2) is 4.79 Å². The molecule has 0 amide bonds. The van der Waals surface area contributed by atoms with Crippen LogP contribution in [0, 0.1) is 0 Å². The zero-order chi connectivity index (χ0) is 31.5. The average Bonchev–Trinajstić information content (AvgIpc) is 3.04. The van der Waals surface area contributed by atoms with Crippen LogP contribution in [0.4, 0.5) is 0 Å². The third-order valence-corrected chi connectivity index (χ3v) is 7.72. The summed E-state index contributed by atoms with van der Waals surface area (Å²) in [7, 11) is 0. The van der Waals surface area contributed by atoms with Gasteiger partial charge in [-0.2, -0.15) is 0 Å². The van der Waals surface area contributed by atoms with E-state index in [9.17, 15) is 19.8 Å². The predicted molar refractivity (Wildman–Crippen MR) is 167 cm³/mol. The third kappa shape index (κ3) is 12.0. The van der Waals surface area contributed by atoms with Crippen molar-refractivity contribution >= 4 is 11.9 Å². The Morgan fingerprint density at radius 3 is 1.86 bits per heavy atom. The topological polar surface area (TPSA) is 112 Å². The van der Waals surface area contributed by atoms with Gasteiger partial charge in [0, 0.05) is 17.9 Å². The summed E-state index contributed by atoms with van der Waals surface area (Å²) in [5, 5.41) is 19.7. The number of hydrogen-bond acceptors (Lipinski definition) is 8. The van der Waals surface area contributed by atoms with Crippen molar-refractivity contribution in [1.82, 2.24) is 0 Å². The smallest absolute Gasteiger partial charge is 0.330 e. The van der Waals surface area contributed by atoms with E-state index in [-0.39, 0.29) is 37.8 Å². The quantitative estimate of drug-likeness (QED) is 0.0924. The molecule has 238 valence electrons. The lowest BCUT2D eigenvalue weighted by atomic mass is 9.70. The molecule has 0 aliphatic heterocycles. The molecular formula is C35H50O8. The van der Waals surface area contributed by atoms with E-state index >= 15 is 0 Å². The molecule has 0 aromatic heterocycles. The number of benzene rings is 2. The van der Waals surface area contributed by atoms with Crippen molar-refractivity contribution in [3.8, 4) is 11.5 Å². The van der Waals surface area contributed by atoms with Crippen molar-refractivity contribution in [3.05, 3.63) is 72.3 Å². The van der Waals surface area contributed by atoms with Gasteiger partial charge in [-0.3, -0.25) is 4.79 Å². The SMILES string of the molecule is C=CC(=O)OCC(O)COc1ccc(C(CC)(CC)c2ccc(OCC(CO)OC(=O)CCCCCCCC)cc2)cc1. The minimum atomic E-state index is -0.945. The highest BCUT2D eigenvalue weighted by atomic mass is 16.6. The Hall–Kier alpha value is -3.36. The van der Waals surface area contributed by atoms with Gasteiger partial charge in [-0.15, -0.1) is 0 Å². The minimum Gasteiger partial charge on any atom is -0.491 e. The largest absolute Gasteiger partial charge is 0.491 e. The minimum absolute atomic E-state index is 0.00655. The molecule has 2 rings (SSSR count). The molecule has 43 heavy (non-hydrogen) atoms. The molecule has 8 heteroatoms. The van der Waals surface area contributed by atoms with Crippen LogP contribution in [-0.4, -0.2) is 60.8 Å². The summed E-state index contributed by atoms with van der Waals surface area (Å²) >= 11 is 0. The van der Waals surface area contributed by atoms with Gasteiger partial charge >= 0.3 is 11.9 Å². The van der Waals surface area contributed by atoms with Crippen LogP contribution in [0.3, 0.4) is 0 Å². The molecule has 8 nitrogen and oxygen atoms in total. The van der Waals surface area contributed by atoms with E-state index in [0.29, 0.717) is 17.9 Å². The van der Waals surface area contributed by atoms with E-state index in [1.54, 1.807) is 0 Å². The van der Waals surface area contributed by atoms with Gasteiger partial charge in [-0.05, 0) is 54.7 Å². The molecule has 0 saturated carbocycles. The normalized spacial score (nSPS) is 12.7. The van der Waals surface area contributed by atoms with Crippen molar-refractivity contribution in [2.45, 2.75) is 96.2 Å². The lowest BCUT2D eigenvalue weighted by Gasteiger charge is -2.33. The number of ether oxygens (including phenoxy) is 4. The number of rotatable bonds is 22. The number of carbonyl (C=O) groups excluding carboxylic acids is 2. The Labute approximate surface area is 257 Å². The molecule has 2 aromatic rings. The summed E-state index contributed by atoms with van der Waals surface area (Å²) in [6.07, 6.45) is 8.05. The van der Waals surface area contributed by atoms with Crippen molar-refractivity contribution in [2.75, 3.05) is 26.4 Å². The molecule has 0 fully saturated rings. The molecule has 2 atom stereocenters. The van der Waals surface area contributed by atoms with E-state index in [0.717, 1.165) is 49.3 Å². The van der Waals surface area contributed by atoms with E-state index in [2.05, 4.69) is 27.4 Å². The number of carbonyl (C=O) groups is 2. The van der Waals surface area contributed by atoms with E-state index in [4.69, 9.17) is 18.9 Å². The van der Waals surface area contributed by atoms with Crippen molar-refractivity contribution in [3.63, 3.8) is 0 Å². The van der Waals surface area contributed by atoms with Crippen molar-refractivity contribution < 1.29 is 38.7 Å². The molecule has 0 saturated heterocycles. The first-order valence-corrected chi connectivity index (χ1v) is 15.6. The van der Waals surface area contributed by atoms with Gasteiger partial charge in [0.25, 0.3) is 0 Å². The summed E-state index contributed by atoms with van der Waals surface area (Å²) in [5.41, 5.74) is 2.05. The lowest BCUT2D eigenvalue weighted by molar-refractivity contribution is -0.153. The molecule has 0 bridgehead atoms. The maximum atomic E-state index is 12.2. The molecular weight excluding hydrogens is 548 g/mol. The van der Waals surface area contributed by atoms with Crippen LogP contribution in [0.1, 0.15) is 89.7 Å². The highest BCUT2D eigenvalue weighted by Gasteiger charge is 2.30. The Morgan fingerprint density at radius 1 is 0.814 bits per heavy atom. The first-order valence-electron chi connectivity index (χ1n) is 15.6. The predicted octanol–water partition coefficient (Wildman–Crippen LogP) is 6.30. The third-order valence-electron chi connectivity index (χ3n) is 7.72. The second-order valence-electron chi connectivity index (χ2n) is 10.8. The highest BCUT2D eigenvalue weighted by molar-refractivity contribution is 5.81. The zero-order valence-corrected chi connectivity index (χ0v) is 26.1. The fourth-order valence-electron chi connectivity index (χ4n) is 5.06. The monoisotopic (exact) mass is 598 g/mol. The molecule has 0 aliphatic rings. The Balaban J connectivity index is 1.93. The number of hydrogen-bond donors (Lipinski definition) is 2. The van der Waals surface area contributed by atoms with Crippen LogP contribution in [0.15, 0.2) is 61.2 Å². The highest BCUT2D eigenvalue weighted by Crippen LogP contribution is 2.40. The second kappa shape index (κ2) is 19.8. The summed E-state index contributed by atoms with van der Waals surface area (Å²) in [6.45, 7) is 9.43. The van der Waals surface area contributed by atoms with E-state index < -0.39 is 18.2 Å². The van der Waals surface area contributed by atoms with E-state index in [1.807, 2.05) is 48.5 Å². The Morgan fingerprint density at radius 2 is 1.35 bits per heavy atom. The van der Waals surface area contributed by atoms with Crippen LogP contribution in [0.2, 0.25) is 0 Å². The average molecular weight is 599 g/mol. The maximum Gasteiger partial charge on any atom is 0.330 e. The fourth-order valence-corrected chi connectivity index (χ4v) is 5.06. The fraction of sp³-hybridized carbons (Fsp3) is 0.543. The Kier molecular flexibility index (Phi) is 16.5. The molecule has 0 radical (unpaired) electrons. The van der Waals surface area contributed by atoms with E-state index in [1.165, 1.54) is 19.3 Å². The van der Waals surface area contributed by atoms with Gasteiger partial charge in [0.15, 0.2) is 6.10 Å². The zero-order valence-electron chi connectivity index (χ0n) is 26.1. The van der Waals surface area contributed by atoms with Crippen LogP contribution >= 0.6 is 0 Å². The maximum absolute atomic E-state index is 12.2. The van der Waals surface area contributed by atoms with Crippen LogP contribution < -0.4 is 9.47 Å². The van der Waals surface area contributed by atoms with Gasteiger partial charge in [0.1, 0.15) is 37.4 Å². The molecule has 0 heterocycles. The van der Waals surface area contributed by atoms with Gasteiger partial charge in [-0.1, -0.05) is 83.7 Å². The first-order chi connectivity index (χ1) is 20.8. The molecule has 2 N–H and O–H groups in total. The second-order valence-corrected chi connectivity index (χ2v) is 10.8. The van der Waals surface area contributed by atoms with Crippen LogP contribution in [0.5, 0.6) is 11.5 Å². The standard InChI is InChI=1S/C35H50O8/c1-5-9-10-11-12-13-14-34(39)43-32(23-36)26-41-31-21-17-28(18-22-31)35(7-3,8-4)27-15-19-30(20-16-27)40-24-29(37)25-42-33(38)6-2/h6,15-22,29,32,36-37H,2,5,7-14,23-26H2,1,3-4H3. The molecule has 2 aromatic carbocycles. The van der Waals surface area contributed by atoms with Crippen molar-refractivity contribution in [1.29, 1.82) is 0 Å². The first kappa shape index (κ1) is 35.8. The summed E-state index contributed by atoms with van der Waals surface area (Å²) in [6, 6.07) is 15.7. The van der Waals surface area contributed by atoms with Gasteiger partial charge < -0.3 is 29.2 Å². The lowest BCUT2D eigenvalue weighted by Crippen LogP contribution is -2.28. The van der Waals surface area contributed by atoms with Crippen LogP contribution in [-0.2, 0) is 24.5 Å². The van der Waals surface area contributed by atoms with Crippen molar-refractivity contribution in [2.24, 2.45) is 0 Å². The van der Waals surface area contributed by atoms with Crippen LogP contribution in [0.25, 0.3) is 0 Å². The number of unbranched alkanes of at least 4 members (excludes halogenated alkanes) is 5. The molecule has 0 spiro atoms. The summed E-state index contributed by atoms with van der Waals surface area (Å²) in [4.78, 5) is 23.3.